The SMILES string of the molecule is CN1CCN(CC2CCN=C2C(F)(F)F)CC1. The van der Waals surface area contributed by atoms with Crippen molar-refractivity contribution in [3.05, 3.63) is 0 Å². The maximum Gasteiger partial charge on any atom is 0.429 e. The van der Waals surface area contributed by atoms with Crippen LogP contribution in [0.4, 0.5) is 13.2 Å². The van der Waals surface area contributed by atoms with E-state index < -0.39 is 17.8 Å². The maximum atomic E-state index is 12.7. The van der Waals surface area contributed by atoms with Gasteiger partial charge >= 0.3 is 6.18 Å². The van der Waals surface area contributed by atoms with Crippen molar-refractivity contribution < 1.29 is 13.2 Å². The molecule has 0 aliphatic carbocycles. The lowest BCUT2D eigenvalue weighted by Crippen LogP contribution is -2.47. The quantitative estimate of drug-likeness (QED) is 0.733. The molecule has 3 nitrogen and oxygen atoms in total. The van der Waals surface area contributed by atoms with E-state index in [1.807, 2.05) is 7.05 Å². The Labute approximate surface area is 99.3 Å². The molecule has 2 heterocycles. The van der Waals surface area contributed by atoms with Gasteiger partial charge in [0.1, 0.15) is 5.71 Å². The van der Waals surface area contributed by atoms with E-state index in [1.165, 1.54) is 0 Å². The third-order valence-corrected chi connectivity index (χ3v) is 3.51. The second kappa shape index (κ2) is 4.94. The van der Waals surface area contributed by atoms with Crippen molar-refractivity contribution in [1.29, 1.82) is 0 Å². The summed E-state index contributed by atoms with van der Waals surface area (Å²) in [7, 11) is 2.04. The fourth-order valence-electron chi connectivity index (χ4n) is 2.45. The van der Waals surface area contributed by atoms with Gasteiger partial charge in [-0.25, -0.2) is 0 Å². The Hall–Kier alpha value is -0.620. The standard InChI is InChI=1S/C11H18F3N3/c1-16-4-6-17(7-5-16)8-9-2-3-15-10(9)11(12,13)14/h9H,2-8H2,1H3. The molecule has 0 aromatic carbocycles. The molecule has 2 rings (SSSR count). The van der Waals surface area contributed by atoms with Gasteiger partial charge in [0.15, 0.2) is 0 Å². The Kier molecular flexibility index (Phi) is 3.73. The van der Waals surface area contributed by atoms with Crippen LogP contribution in [0, 0.1) is 5.92 Å². The summed E-state index contributed by atoms with van der Waals surface area (Å²) in [5, 5.41) is 0. The lowest BCUT2D eigenvalue weighted by Gasteiger charge is -2.34. The average molecular weight is 249 g/mol. The molecule has 0 radical (unpaired) electrons. The van der Waals surface area contributed by atoms with Gasteiger partial charge in [0, 0.05) is 45.2 Å². The van der Waals surface area contributed by atoms with Crippen LogP contribution in [0.2, 0.25) is 0 Å². The van der Waals surface area contributed by atoms with Gasteiger partial charge in [0.25, 0.3) is 0 Å². The first-order chi connectivity index (χ1) is 7.97. The van der Waals surface area contributed by atoms with Crippen molar-refractivity contribution in [2.75, 3.05) is 46.3 Å². The van der Waals surface area contributed by atoms with E-state index in [2.05, 4.69) is 14.8 Å². The Morgan fingerprint density at radius 3 is 2.47 bits per heavy atom. The number of aliphatic imine (C=N–C) groups is 1. The van der Waals surface area contributed by atoms with Gasteiger partial charge in [0.05, 0.1) is 0 Å². The van der Waals surface area contributed by atoms with Gasteiger partial charge in [-0.3, -0.25) is 4.99 Å². The molecule has 1 saturated heterocycles. The fraction of sp³-hybridized carbons (Fsp3) is 0.909. The predicted octanol–water partition coefficient (Wildman–Crippen LogP) is 1.26. The Morgan fingerprint density at radius 2 is 1.88 bits per heavy atom. The summed E-state index contributed by atoms with van der Waals surface area (Å²) in [6.07, 6.45) is -3.70. The lowest BCUT2D eigenvalue weighted by atomic mass is 10.0. The van der Waals surface area contributed by atoms with Crippen LogP contribution in [-0.4, -0.2) is 68.0 Å². The van der Waals surface area contributed by atoms with E-state index in [9.17, 15) is 13.2 Å². The molecule has 1 unspecified atom stereocenters. The summed E-state index contributed by atoms with van der Waals surface area (Å²) in [4.78, 5) is 7.94. The van der Waals surface area contributed by atoms with Crippen LogP contribution < -0.4 is 0 Å². The first-order valence-electron chi connectivity index (χ1n) is 5.99. The normalized spacial score (nSPS) is 28.5. The number of hydrogen-bond donors (Lipinski definition) is 0. The molecule has 2 aliphatic heterocycles. The number of piperazine rings is 1. The van der Waals surface area contributed by atoms with Crippen molar-refractivity contribution >= 4 is 5.71 Å². The van der Waals surface area contributed by atoms with Gasteiger partial charge in [0.2, 0.25) is 0 Å². The third-order valence-electron chi connectivity index (χ3n) is 3.51. The summed E-state index contributed by atoms with van der Waals surface area (Å²) in [5.74, 6) is -0.418. The molecule has 1 fully saturated rings. The van der Waals surface area contributed by atoms with E-state index in [0.717, 1.165) is 26.2 Å². The smallest absolute Gasteiger partial charge is 0.304 e. The maximum absolute atomic E-state index is 12.7. The van der Waals surface area contributed by atoms with Crippen LogP contribution in [0.5, 0.6) is 0 Å². The Balaban J connectivity index is 1.89. The molecule has 0 bridgehead atoms. The minimum absolute atomic E-state index is 0.327. The molecule has 0 saturated carbocycles. The average Bonchev–Trinajstić information content (AvgIpc) is 2.69. The fourth-order valence-corrected chi connectivity index (χ4v) is 2.45. The Bertz CT molecular complexity index is 293. The molecule has 0 amide bonds. The van der Waals surface area contributed by atoms with Crippen LogP contribution in [0.1, 0.15) is 6.42 Å². The second-order valence-corrected chi connectivity index (χ2v) is 4.85. The highest BCUT2D eigenvalue weighted by atomic mass is 19.4. The second-order valence-electron chi connectivity index (χ2n) is 4.85. The predicted molar refractivity (Wildman–Crippen MR) is 60.4 cm³/mol. The molecular weight excluding hydrogens is 231 g/mol. The van der Waals surface area contributed by atoms with Gasteiger partial charge < -0.3 is 9.80 Å². The van der Waals surface area contributed by atoms with Crippen molar-refractivity contribution in [1.82, 2.24) is 9.80 Å². The molecule has 2 aliphatic rings. The Morgan fingerprint density at radius 1 is 1.24 bits per heavy atom. The molecule has 6 heteroatoms. The van der Waals surface area contributed by atoms with Gasteiger partial charge in [-0.05, 0) is 13.5 Å². The topological polar surface area (TPSA) is 18.8 Å². The minimum Gasteiger partial charge on any atom is -0.304 e. The van der Waals surface area contributed by atoms with E-state index in [1.54, 1.807) is 0 Å². The molecular formula is C11H18F3N3. The third kappa shape index (κ3) is 3.19. The minimum atomic E-state index is -4.24. The van der Waals surface area contributed by atoms with Crippen molar-refractivity contribution in [2.45, 2.75) is 12.6 Å². The summed E-state index contributed by atoms with van der Waals surface area (Å²) >= 11 is 0. The van der Waals surface area contributed by atoms with E-state index in [4.69, 9.17) is 0 Å². The molecule has 0 N–H and O–H groups in total. The van der Waals surface area contributed by atoms with Crippen molar-refractivity contribution in [3.63, 3.8) is 0 Å². The summed E-state index contributed by atoms with van der Waals surface area (Å²) in [6, 6.07) is 0. The zero-order valence-corrected chi connectivity index (χ0v) is 10.0. The molecule has 0 aromatic heterocycles. The number of likely N-dealkylation sites (N-methyl/N-ethyl adjacent to an activating group) is 1. The van der Waals surface area contributed by atoms with Gasteiger partial charge in [-0.1, -0.05) is 0 Å². The van der Waals surface area contributed by atoms with Crippen molar-refractivity contribution in [3.8, 4) is 0 Å². The van der Waals surface area contributed by atoms with Gasteiger partial charge in [-0.15, -0.1) is 0 Å². The monoisotopic (exact) mass is 249 g/mol. The van der Waals surface area contributed by atoms with Crippen LogP contribution in [-0.2, 0) is 0 Å². The number of halogens is 3. The van der Waals surface area contributed by atoms with Crippen LogP contribution >= 0.6 is 0 Å². The van der Waals surface area contributed by atoms with Crippen LogP contribution in [0.3, 0.4) is 0 Å². The summed E-state index contributed by atoms with van der Waals surface area (Å²) < 4.78 is 38.0. The van der Waals surface area contributed by atoms with E-state index in [-0.39, 0.29) is 0 Å². The van der Waals surface area contributed by atoms with Gasteiger partial charge in [-0.2, -0.15) is 13.2 Å². The highest BCUT2D eigenvalue weighted by Gasteiger charge is 2.43. The zero-order valence-electron chi connectivity index (χ0n) is 10.0. The van der Waals surface area contributed by atoms with Crippen LogP contribution in [0.25, 0.3) is 0 Å². The molecule has 98 valence electrons. The largest absolute Gasteiger partial charge is 0.429 e. The van der Waals surface area contributed by atoms with E-state index in [0.29, 0.717) is 19.5 Å². The molecule has 17 heavy (non-hydrogen) atoms. The summed E-state index contributed by atoms with van der Waals surface area (Å²) in [5.41, 5.74) is -0.545. The highest BCUT2D eigenvalue weighted by Crippen LogP contribution is 2.29. The highest BCUT2D eigenvalue weighted by molar-refractivity contribution is 5.93. The first-order valence-corrected chi connectivity index (χ1v) is 5.99. The first kappa shape index (κ1) is 12.8. The van der Waals surface area contributed by atoms with Crippen molar-refractivity contribution in [2.24, 2.45) is 10.9 Å². The zero-order chi connectivity index (χ0) is 12.5. The number of nitrogens with zero attached hydrogens (tertiary/aromatic N) is 3. The number of hydrogen-bond acceptors (Lipinski definition) is 3. The van der Waals surface area contributed by atoms with Crippen LogP contribution in [0.15, 0.2) is 4.99 Å². The molecule has 1 atom stereocenters. The lowest BCUT2D eigenvalue weighted by molar-refractivity contribution is -0.0628. The van der Waals surface area contributed by atoms with E-state index >= 15 is 0 Å². The number of rotatable bonds is 2. The summed E-state index contributed by atoms with van der Waals surface area (Å²) in [6.45, 7) is 4.42. The molecule has 0 spiro atoms. The molecule has 0 aromatic rings. The number of alkyl halides is 3.